The normalized spacial score (nSPS) is 12.4. The van der Waals surface area contributed by atoms with Gasteiger partial charge in [0, 0.05) is 16.1 Å². The van der Waals surface area contributed by atoms with Gasteiger partial charge in [0.1, 0.15) is 5.82 Å². The van der Waals surface area contributed by atoms with E-state index in [2.05, 4.69) is 5.32 Å². The summed E-state index contributed by atoms with van der Waals surface area (Å²) in [5, 5.41) is 4.47. The van der Waals surface area contributed by atoms with Crippen LogP contribution in [0.25, 0.3) is 0 Å². The molecule has 0 bridgehead atoms. The number of hydrogen-bond acceptors (Lipinski definition) is 1. The monoisotopic (exact) mass is 311 g/mol. The van der Waals surface area contributed by atoms with Crippen molar-refractivity contribution in [2.45, 2.75) is 18.9 Å². The zero-order chi connectivity index (χ0) is 14.5. The third-order valence-corrected chi connectivity index (χ3v) is 3.90. The van der Waals surface area contributed by atoms with E-state index in [1.807, 2.05) is 31.3 Å². The van der Waals surface area contributed by atoms with Crippen molar-refractivity contribution >= 4 is 23.2 Å². The summed E-state index contributed by atoms with van der Waals surface area (Å²) in [5.74, 6) is -0.171. The van der Waals surface area contributed by atoms with Crippen LogP contribution in [-0.2, 0) is 12.8 Å². The van der Waals surface area contributed by atoms with Crippen LogP contribution in [0, 0.1) is 5.82 Å². The number of benzene rings is 2. The Morgan fingerprint density at radius 3 is 2.40 bits per heavy atom. The maximum atomic E-state index is 13.7. The predicted molar refractivity (Wildman–Crippen MR) is 83.1 cm³/mol. The van der Waals surface area contributed by atoms with Gasteiger partial charge in [-0.1, -0.05) is 47.5 Å². The number of likely N-dealkylation sites (N-methyl/N-ethyl adjacent to an activating group) is 1. The van der Waals surface area contributed by atoms with Crippen molar-refractivity contribution in [3.63, 3.8) is 0 Å². The topological polar surface area (TPSA) is 12.0 Å². The lowest BCUT2D eigenvalue weighted by molar-refractivity contribution is 0.532. The first kappa shape index (κ1) is 15.3. The molecule has 0 aromatic heterocycles. The molecule has 2 aromatic carbocycles. The zero-order valence-electron chi connectivity index (χ0n) is 11.2. The molecule has 0 heterocycles. The van der Waals surface area contributed by atoms with E-state index < -0.39 is 0 Å². The summed E-state index contributed by atoms with van der Waals surface area (Å²) in [6.45, 7) is 0. The number of halogens is 3. The first-order valence-electron chi connectivity index (χ1n) is 6.44. The average molecular weight is 312 g/mol. The fourth-order valence-electron chi connectivity index (χ4n) is 2.16. The molecule has 0 aliphatic carbocycles. The molecule has 0 spiro atoms. The molecule has 2 rings (SSSR count). The molecule has 0 radical (unpaired) electrons. The minimum Gasteiger partial charge on any atom is -0.316 e. The lowest BCUT2D eigenvalue weighted by Crippen LogP contribution is -2.30. The summed E-state index contributed by atoms with van der Waals surface area (Å²) in [5.41, 5.74) is 1.71. The Balaban J connectivity index is 2.11. The molecular formula is C16H16Cl2FN. The summed E-state index contributed by atoms with van der Waals surface area (Å²) in [4.78, 5) is 0. The molecule has 0 saturated heterocycles. The summed E-state index contributed by atoms with van der Waals surface area (Å²) >= 11 is 12.1. The van der Waals surface area contributed by atoms with Gasteiger partial charge in [-0.3, -0.25) is 0 Å². The van der Waals surface area contributed by atoms with Crippen LogP contribution in [0.2, 0.25) is 10.0 Å². The highest BCUT2D eigenvalue weighted by Crippen LogP contribution is 2.23. The van der Waals surface area contributed by atoms with Crippen LogP contribution in [0.1, 0.15) is 11.1 Å². The van der Waals surface area contributed by atoms with E-state index in [1.54, 1.807) is 12.1 Å². The molecule has 1 atom stereocenters. The predicted octanol–water partition coefficient (Wildman–Crippen LogP) is 4.51. The van der Waals surface area contributed by atoms with Gasteiger partial charge in [-0.15, -0.1) is 0 Å². The molecule has 0 amide bonds. The van der Waals surface area contributed by atoms with Crippen molar-refractivity contribution < 1.29 is 4.39 Å². The van der Waals surface area contributed by atoms with Crippen LogP contribution in [0.15, 0.2) is 42.5 Å². The molecule has 1 unspecified atom stereocenters. The molecule has 1 nitrogen and oxygen atoms in total. The van der Waals surface area contributed by atoms with E-state index in [0.717, 1.165) is 12.0 Å². The minimum absolute atomic E-state index is 0.116. The van der Waals surface area contributed by atoms with E-state index in [-0.39, 0.29) is 11.9 Å². The van der Waals surface area contributed by atoms with Crippen molar-refractivity contribution in [3.05, 3.63) is 69.5 Å². The fourth-order valence-corrected chi connectivity index (χ4v) is 2.64. The van der Waals surface area contributed by atoms with Crippen molar-refractivity contribution in [3.8, 4) is 0 Å². The van der Waals surface area contributed by atoms with Gasteiger partial charge in [0.05, 0.1) is 0 Å². The molecule has 106 valence electrons. The SMILES string of the molecule is CNC(Cc1ccccc1F)Cc1ccc(Cl)cc1Cl. The van der Waals surface area contributed by atoms with Gasteiger partial charge >= 0.3 is 0 Å². The van der Waals surface area contributed by atoms with E-state index in [4.69, 9.17) is 23.2 Å². The van der Waals surface area contributed by atoms with E-state index in [0.29, 0.717) is 22.0 Å². The highest BCUT2D eigenvalue weighted by Gasteiger charge is 2.13. The minimum atomic E-state index is -0.171. The van der Waals surface area contributed by atoms with Gasteiger partial charge in [-0.2, -0.15) is 0 Å². The fraction of sp³-hybridized carbons (Fsp3) is 0.250. The lowest BCUT2D eigenvalue weighted by atomic mass is 9.99. The highest BCUT2D eigenvalue weighted by atomic mass is 35.5. The van der Waals surface area contributed by atoms with Gasteiger partial charge in [0.25, 0.3) is 0 Å². The summed E-state index contributed by atoms with van der Waals surface area (Å²) in [6.07, 6.45) is 1.34. The maximum Gasteiger partial charge on any atom is 0.126 e. The van der Waals surface area contributed by atoms with E-state index >= 15 is 0 Å². The first-order valence-corrected chi connectivity index (χ1v) is 7.20. The zero-order valence-corrected chi connectivity index (χ0v) is 12.7. The Hall–Kier alpha value is -1.09. The van der Waals surface area contributed by atoms with Gasteiger partial charge in [0.15, 0.2) is 0 Å². The first-order chi connectivity index (χ1) is 9.60. The van der Waals surface area contributed by atoms with Crippen molar-refractivity contribution in [1.29, 1.82) is 0 Å². The molecule has 0 fully saturated rings. The van der Waals surface area contributed by atoms with Gasteiger partial charge < -0.3 is 5.32 Å². The van der Waals surface area contributed by atoms with Crippen molar-refractivity contribution in [2.24, 2.45) is 0 Å². The average Bonchev–Trinajstić information content (AvgIpc) is 2.43. The number of nitrogens with one attached hydrogen (secondary N) is 1. The second-order valence-electron chi connectivity index (χ2n) is 4.72. The van der Waals surface area contributed by atoms with Crippen LogP contribution < -0.4 is 5.32 Å². The number of rotatable bonds is 5. The Morgan fingerprint density at radius 1 is 1.05 bits per heavy atom. The Kier molecular flexibility index (Phi) is 5.41. The second kappa shape index (κ2) is 7.07. The molecule has 20 heavy (non-hydrogen) atoms. The highest BCUT2D eigenvalue weighted by molar-refractivity contribution is 6.35. The second-order valence-corrected chi connectivity index (χ2v) is 5.56. The van der Waals surface area contributed by atoms with Crippen molar-refractivity contribution in [1.82, 2.24) is 5.32 Å². The molecule has 0 saturated carbocycles. The summed E-state index contributed by atoms with van der Waals surface area (Å²) in [6, 6.07) is 12.4. The van der Waals surface area contributed by atoms with Crippen LogP contribution >= 0.6 is 23.2 Å². The largest absolute Gasteiger partial charge is 0.316 e. The van der Waals surface area contributed by atoms with Gasteiger partial charge in [-0.05, 0) is 49.2 Å². The summed E-state index contributed by atoms with van der Waals surface area (Å²) < 4.78 is 13.7. The quantitative estimate of drug-likeness (QED) is 0.857. The standard InChI is InChI=1S/C16H16Cl2FN/c1-20-14(9-12-4-2-3-5-16(12)19)8-11-6-7-13(17)10-15(11)18/h2-7,10,14,20H,8-9H2,1H3. The van der Waals surface area contributed by atoms with Crippen molar-refractivity contribution in [2.75, 3.05) is 7.05 Å². The van der Waals surface area contributed by atoms with Crippen LogP contribution in [0.3, 0.4) is 0 Å². The lowest BCUT2D eigenvalue weighted by Gasteiger charge is -2.17. The molecule has 1 N–H and O–H groups in total. The Bertz CT molecular complexity index is 586. The van der Waals surface area contributed by atoms with Gasteiger partial charge in [-0.25, -0.2) is 4.39 Å². The van der Waals surface area contributed by atoms with Crippen LogP contribution in [-0.4, -0.2) is 13.1 Å². The van der Waals surface area contributed by atoms with Gasteiger partial charge in [0.2, 0.25) is 0 Å². The van der Waals surface area contributed by atoms with E-state index in [1.165, 1.54) is 6.07 Å². The molecule has 0 aliphatic rings. The van der Waals surface area contributed by atoms with Crippen LogP contribution in [0.5, 0.6) is 0 Å². The third-order valence-electron chi connectivity index (χ3n) is 3.31. The van der Waals surface area contributed by atoms with E-state index in [9.17, 15) is 4.39 Å². The number of hydrogen-bond donors (Lipinski definition) is 1. The smallest absolute Gasteiger partial charge is 0.126 e. The molecule has 4 heteroatoms. The third kappa shape index (κ3) is 3.95. The van der Waals surface area contributed by atoms with Crippen LogP contribution in [0.4, 0.5) is 4.39 Å². The molecular weight excluding hydrogens is 296 g/mol. The maximum absolute atomic E-state index is 13.7. The molecule has 0 aliphatic heterocycles. The summed E-state index contributed by atoms with van der Waals surface area (Å²) in [7, 11) is 1.87. The molecule has 2 aromatic rings. The Labute approximate surface area is 128 Å². The Morgan fingerprint density at radius 2 is 1.75 bits per heavy atom.